The summed E-state index contributed by atoms with van der Waals surface area (Å²) in [4.78, 5) is 16.5. The third kappa shape index (κ3) is 4.29. The van der Waals surface area contributed by atoms with Gasteiger partial charge in [0.25, 0.3) is 0 Å². The number of nitrogens with zero attached hydrogens (tertiary/aromatic N) is 1. The predicted octanol–water partition coefficient (Wildman–Crippen LogP) is 2.89. The van der Waals surface area contributed by atoms with Crippen molar-refractivity contribution in [1.82, 2.24) is 15.6 Å². The van der Waals surface area contributed by atoms with Gasteiger partial charge in [-0.05, 0) is 24.5 Å². The molecule has 0 radical (unpaired) electrons. The molecular weight excluding hydrogens is 298 g/mol. The van der Waals surface area contributed by atoms with Crippen molar-refractivity contribution in [2.75, 3.05) is 0 Å². The van der Waals surface area contributed by atoms with E-state index in [2.05, 4.69) is 15.6 Å². The second kappa shape index (κ2) is 7.91. The fourth-order valence-corrected chi connectivity index (χ4v) is 3.07. The normalized spacial score (nSPS) is 12.0. The van der Waals surface area contributed by atoms with Crippen molar-refractivity contribution >= 4 is 17.4 Å². The Hall–Kier alpha value is -1.92. The summed E-state index contributed by atoms with van der Waals surface area (Å²) in [5, 5.41) is 18.0. The molecule has 2 amide bonds. The number of aliphatic hydroxyl groups excluding tert-OH is 1. The molecule has 0 aliphatic carbocycles. The molecular formula is C16H21N3O2S. The zero-order valence-electron chi connectivity index (χ0n) is 12.8. The maximum Gasteiger partial charge on any atom is 0.315 e. The summed E-state index contributed by atoms with van der Waals surface area (Å²) < 4.78 is 0. The van der Waals surface area contributed by atoms with Crippen molar-refractivity contribution in [3.8, 4) is 0 Å². The third-order valence-corrected chi connectivity index (χ3v) is 4.45. The number of aromatic nitrogens is 1. The fourth-order valence-electron chi connectivity index (χ4n) is 2.14. The van der Waals surface area contributed by atoms with Gasteiger partial charge in [-0.15, -0.1) is 11.3 Å². The number of hydrogen-bond acceptors (Lipinski definition) is 4. The lowest BCUT2D eigenvalue weighted by Crippen LogP contribution is -2.37. The van der Waals surface area contributed by atoms with E-state index in [1.807, 2.05) is 43.5 Å². The zero-order valence-corrected chi connectivity index (χ0v) is 13.6. The highest BCUT2D eigenvalue weighted by atomic mass is 32.1. The molecule has 2 aromatic rings. The van der Waals surface area contributed by atoms with Gasteiger partial charge in [0, 0.05) is 17.6 Å². The Balaban J connectivity index is 1.92. The second-order valence-corrected chi connectivity index (χ2v) is 5.93. The number of aryl methyl sites for hydroxylation is 1. The smallest absolute Gasteiger partial charge is 0.315 e. The Morgan fingerprint density at radius 3 is 2.68 bits per heavy atom. The van der Waals surface area contributed by atoms with Crippen molar-refractivity contribution in [3.63, 3.8) is 0 Å². The number of rotatable bonds is 6. The van der Waals surface area contributed by atoms with Crippen LogP contribution in [-0.4, -0.2) is 16.1 Å². The quantitative estimate of drug-likeness (QED) is 0.766. The minimum Gasteiger partial charge on any atom is -0.392 e. The van der Waals surface area contributed by atoms with Crippen LogP contribution in [-0.2, 0) is 13.2 Å². The Morgan fingerprint density at radius 1 is 1.36 bits per heavy atom. The van der Waals surface area contributed by atoms with E-state index in [-0.39, 0.29) is 18.7 Å². The number of nitrogens with one attached hydrogen (secondary N) is 2. The van der Waals surface area contributed by atoms with Crippen molar-refractivity contribution in [2.45, 2.75) is 39.5 Å². The number of benzene rings is 1. The minimum atomic E-state index is -0.229. The molecule has 0 spiro atoms. The van der Waals surface area contributed by atoms with Gasteiger partial charge in [-0.25, -0.2) is 9.78 Å². The van der Waals surface area contributed by atoms with Crippen molar-refractivity contribution in [3.05, 3.63) is 51.5 Å². The molecule has 0 saturated carbocycles. The van der Waals surface area contributed by atoms with Gasteiger partial charge in [0.1, 0.15) is 5.01 Å². The molecule has 6 heteroatoms. The van der Waals surface area contributed by atoms with E-state index in [1.165, 1.54) is 0 Å². The third-order valence-electron chi connectivity index (χ3n) is 3.38. The van der Waals surface area contributed by atoms with Gasteiger partial charge >= 0.3 is 6.03 Å². The molecule has 1 unspecified atom stereocenters. The number of hydrogen-bond donors (Lipinski definition) is 3. The summed E-state index contributed by atoms with van der Waals surface area (Å²) in [7, 11) is 0. The Labute approximate surface area is 134 Å². The topological polar surface area (TPSA) is 74.2 Å². The Bertz CT molecular complexity index is 627. The van der Waals surface area contributed by atoms with Crippen LogP contribution in [0.4, 0.5) is 4.79 Å². The van der Waals surface area contributed by atoms with Gasteiger partial charge in [0.15, 0.2) is 0 Å². The minimum absolute atomic E-state index is 0.0323. The van der Waals surface area contributed by atoms with Crippen LogP contribution in [0.1, 0.15) is 41.2 Å². The summed E-state index contributed by atoms with van der Waals surface area (Å²) in [6, 6.07) is 7.20. The van der Waals surface area contributed by atoms with Crippen LogP contribution in [0.3, 0.4) is 0 Å². The molecule has 0 bridgehead atoms. The molecule has 1 atom stereocenters. The zero-order chi connectivity index (χ0) is 15.9. The van der Waals surface area contributed by atoms with Crippen molar-refractivity contribution in [1.29, 1.82) is 0 Å². The monoisotopic (exact) mass is 319 g/mol. The van der Waals surface area contributed by atoms with Crippen LogP contribution in [0, 0.1) is 6.92 Å². The van der Waals surface area contributed by atoms with Gasteiger partial charge in [0.2, 0.25) is 0 Å². The van der Waals surface area contributed by atoms with Gasteiger partial charge in [-0.1, -0.05) is 31.2 Å². The van der Waals surface area contributed by atoms with Crippen LogP contribution in [0.5, 0.6) is 0 Å². The standard InChI is InChI=1S/C16H21N3O2S/c1-3-14(15-18-11(2)10-22-15)19-16(21)17-8-12-6-4-5-7-13(12)9-20/h4-7,10,14,20H,3,8-9H2,1-2H3,(H2,17,19,21). The number of aliphatic hydroxyl groups is 1. The van der Waals surface area contributed by atoms with Crippen LogP contribution in [0.25, 0.3) is 0 Å². The second-order valence-electron chi connectivity index (χ2n) is 5.04. The van der Waals surface area contributed by atoms with E-state index in [4.69, 9.17) is 0 Å². The molecule has 118 valence electrons. The molecule has 0 saturated heterocycles. The SMILES string of the molecule is CCC(NC(=O)NCc1ccccc1CO)c1nc(C)cs1. The summed E-state index contributed by atoms with van der Waals surface area (Å²) in [6.07, 6.45) is 0.785. The molecule has 0 fully saturated rings. The maximum absolute atomic E-state index is 12.1. The largest absolute Gasteiger partial charge is 0.392 e. The predicted molar refractivity (Wildman–Crippen MR) is 87.6 cm³/mol. The Morgan fingerprint density at radius 2 is 2.09 bits per heavy atom. The number of amides is 2. The van der Waals surface area contributed by atoms with Gasteiger partial charge in [0.05, 0.1) is 12.6 Å². The molecule has 5 nitrogen and oxygen atoms in total. The van der Waals surface area contributed by atoms with Crippen molar-refractivity contribution < 1.29 is 9.90 Å². The maximum atomic E-state index is 12.1. The summed E-state index contributed by atoms with van der Waals surface area (Å²) in [5.74, 6) is 0. The molecule has 0 aliphatic rings. The first-order chi connectivity index (χ1) is 10.6. The van der Waals surface area contributed by atoms with Crippen molar-refractivity contribution in [2.24, 2.45) is 0 Å². The molecule has 2 rings (SSSR count). The van der Waals surface area contributed by atoms with Crippen LogP contribution in [0.2, 0.25) is 0 Å². The lowest BCUT2D eigenvalue weighted by Gasteiger charge is -2.16. The van der Waals surface area contributed by atoms with Gasteiger partial charge in [-0.3, -0.25) is 0 Å². The average molecular weight is 319 g/mol. The van der Waals surface area contributed by atoms with Crippen LogP contribution >= 0.6 is 11.3 Å². The number of carbonyl (C=O) groups is 1. The molecule has 22 heavy (non-hydrogen) atoms. The van der Waals surface area contributed by atoms with E-state index in [0.717, 1.165) is 28.2 Å². The fraction of sp³-hybridized carbons (Fsp3) is 0.375. The average Bonchev–Trinajstić information content (AvgIpc) is 2.97. The summed E-state index contributed by atoms with van der Waals surface area (Å²) >= 11 is 1.56. The van der Waals surface area contributed by atoms with E-state index >= 15 is 0 Å². The lowest BCUT2D eigenvalue weighted by atomic mass is 10.1. The number of thiazole rings is 1. The summed E-state index contributed by atoms with van der Waals surface area (Å²) in [5.41, 5.74) is 2.71. The van der Waals surface area contributed by atoms with Gasteiger partial charge in [-0.2, -0.15) is 0 Å². The number of urea groups is 1. The van der Waals surface area contributed by atoms with E-state index in [0.29, 0.717) is 6.54 Å². The van der Waals surface area contributed by atoms with E-state index < -0.39 is 0 Å². The van der Waals surface area contributed by atoms with Crippen LogP contribution in [0.15, 0.2) is 29.6 Å². The highest BCUT2D eigenvalue weighted by molar-refractivity contribution is 7.09. The highest BCUT2D eigenvalue weighted by Crippen LogP contribution is 2.20. The summed E-state index contributed by atoms with van der Waals surface area (Å²) in [6.45, 7) is 4.31. The van der Waals surface area contributed by atoms with Crippen LogP contribution < -0.4 is 10.6 Å². The highest BCUT2D eigenvalue weighted by Gasteiger charge is 2.15. The van der Waals surface area contributed by atoms with E-state index in [9.17, 15) is 9.90 Å². The molecule has 3 N–H and O–H groups in total. The van der Waals surface area contributed by atoms with E-state index in [1.54, 1.807) is 11.3 Å². The first kappa shape index (κ1) is 16.5. The first-order valence-corrected chi connectivity index (χ1v) is 8.16. The van der Waals surface area contributed by atoms with Gasteiger partial charge < -0.3 is 15.7 Å². The lowest BCUT2D eigenvalue weighted by molar-refractivity contribution is 0.236. The number of carbonyl (C=O) groups excluding carboxylic acids is 1. The molecule has 1 aromatic carbocycles. The molecule has 1 heterocycles. The Kier molecular flexibility index (Phi) is 5.91. The molecule has 1 aromatic heterocycles. The first-order valence-electron chi connectivity index (χ1n) is 7.28. The molecule has 0 aliphatic heterocycles.